The minimum Gasteiger partial charge on any atom is -0.494 e. The number of benzene rings is 1. The van der Waals surface area contributed by atoms with Crippen molar-refractivity contribution in [1.82, 2.24) is 10.2 Å². The molecule has 2 amide bonds. The summed E-state index contributed by atoms with van der Waals surface area (Å²) < 4.78 is 5.36. The van der Waals surface area contributed by atoms with E-state index >= 15 is 0 Å². The maximum absolute atomic E-state index is 12.5. The number of nitrogens with zero attached hydrogens (tertiary/aromatic N) is 1. The molecular weight excluding hydrogens is 336 g/mol. The average molecular weight is 358 g/mol. The van der Waals surface area contributed by atoms with Crippen molar-refractivity contribution < 1.29 is 14.3 Å². The van der Waals surface area contributed by atoms with Gasteiger partial charge in [-0.05, 0) is 55.5 Å². The maximum Gasteiger partial charge on any atom is 0.251 e. The van der Waals surface area contributed by atoms with Crippen LogP contribution in [0.3, 0.4) is 0 Å². The van der Waals surface area contributed by atoms with E-state index in [9.17, 15) is 9.59 Å². The summed E-state index contributed by atoms with van der Waals surface area (Å²) in [5.41, 5.74) is 0.521. The molecule has 1 N–H and O–H groups in total. The topological polar surface area (TPSA) is 58.6 Å². The predicted molar refractivity (Wildman–Crippen MR) is 97.8 cm³/mol. The molecule has 0 unspecified atom stereocenters. The van der Waals surface area contributed by atoms with Crippen molar-refractivity contribution in [2.75, 3.05) is 13.2 Å². The van der Waals surface area contributed by atoms with E-state index in [1.807, 2.05) is 29.3 Å². The van der Waals surface area contributed by atoms with Crippen LogP contribution in [-0.2, 0) is 11.3 Å². The zero-order chi connectivity index (χ0) is 17.6. The first-order valence-electron chi connectivity index (χ1n) is 8.50. The number of ether oxygens (including phenoxy) is 1. The summed E-state index contributed by atoms with van der Waals surface area (Å²) in [6.45, 7) is 3.14. The van der Waals surface area contributed by atoms with Crippen LogP contribution in [0.15, 0.2) is 41.8 Å². The molecule has 25 heavy (non-hydrogen) atoms. The summed E-state index contributed by atoms with van der Waals surface area (Å²) >= 11 is 1.65. The second kappa shape index (κ2) is 8.16. The van der Waals surface area contributed by atoms with Crippen molar-refractivity contribution in [3.05, 3.63) is 52.2 Å². The molecule has 0 spiro atoms. The van der Waals surface area contributed by atoms with Crippen molar-refractivity contribution in [2.24, 2.45) is 0 Å². The molecule has 1 aromatic carbocycles. The van der Waals surface area contributed by atoms with Crippen LogP contribution in [0.1, 0.15) is 35.0 Å². The van der Waals surface area contributed by atoms with Gasteiger partial charge in [0.1, 0.15) is 5.75 Å². The Labute approximate surface area is 151 Å². The summed E-state index contributed by atoms with van der Waals surface area (Å²) in [7, 11) is 0. The fourth-order valence-corrected chi connectivity index (χ4v) is 3.31. The molecule has 0 atom stereocenters. The monoisotopic (exact) mass is 358 g/mol. The maximum atomic E-state index is 12.5. The Hall–Kier alpha value is -2.34. The van der Waals surface area contributed by atoms with Crippen molar-refractivity contribution >= 4 is 23.2 Å². The standard InChI is InChI=1S/C19H22N2O3S/c1-2-24-16-9-5-14(6-10-16)19(23)20-12-18(22)21(15-7-8-15)13-17-4-3-11-25-17/h3-6,9-11,15H,2,7-8,12-13H2,1H3,(H,20,23). The minimum absolute atomic E-state index is 0.0217. The molecule has 0 aliphatic heterocycles. The first-order valence-corrected chi connectivity index (χ1v) is 9.38. The Morgan fingerprint density at radius 1 is 1.24 bits per heavy atom. The lowest BCUT2D eigenvalue weighted by Crippen LogP contribution is -2.40. The summed E-state index contributed by atoms with van der Waals surface area (Å²) in [4.78, 5) is 27.8. The highest BCUT2D eigenvalue weighted by molar-refractivity contribution is 7.09. The number of amides is 2. The number of thiophene rings is 1. The second-order valence-corrected chi connectivity index (χ2v) is 7.00. The summed E-state index contributed by atoms with van der Waals surface area (Å²) in [6, 6.07) is 11.3. The highest BCUT2D eigenvalue weighted by Gasteiger charge is 2.32. The van der Waals surface area contributed by atoms with E-state index in [-0.39, 0.29) is 18.4 Å². The largest absolute Gasteiger partial charge is 0.494 e. The summed E-state index contributed by atoms with van der Waals surface area (Å²) in [5, 5.41) is 4.74. The van der Waals surface area contributed by atoms with Gasteiger partial charge in [0.25, 0.3) is 5.91 Å². The SMILES string of the molecule is CCOc1ccc(C(=O)NCC(=O)N(Cc2cccs2)C2CC2)cc1. The molecule has 1 fully saturated rings. The Morgan fingerprint density at radius 2 is 2.00 bits per heavy atom. The zero-order valence-corrected chi connectivity index (χ0v) is 15.1. The van der Waals surface area contributed by atoms with Gasteiger partial charge in [-0.1, -0.05) is 6.07 Å². The molecule has 2 aromatic rings. The first-order chi connectivity index (χ1) is 12.2. The number of nitrogens with one attached hydrogen (secondary N) is 1. The molecule has 132 valence electrons. The number of hydrogen-bond donors (Lipinski definition) is 1. The van der Waals surface area contributed by atoms with Crippen LogP contribution in [0.2, 0.25) is 0 Å². The van der Waals surface area contributed by atoms with E-state index in [0.717, 1.165) is 23.5 Å². The van der Waals surface area contributed by atoms with Crippen LogP contribution in [0.4, 0.5) is 0 Å². The van der Waals surface area contributed by atoms with Crippen molar-refractivity contribution in [3.63, 3.8) is 0 Å². The molecule has 0 saturated heterocycles. The van der Waals surface area contributed by atoms with E-state index in [4.69, 9.17) is 4.74 Å². The molecule has 1 saturated carbocycles. The zero-order valence-electron chi connectivity index (χ0n) is 14.2. The van der Waals surface area contributed by atoms with Crippen LogP contribution < -0.4 is 10.1 Å². The fourth-order valence-electron chi connectivity index (χ4n) is 2.61. The van der Waals surface area contributed by atoms with E-state index in [0.29, 0.717) is 24.8 Å². The number of carbonyl (C=O) groups is 2. The Balaban J connectivity index is 1.54. The van der Waals surface area contributed by atoms with E-state index < -0.39 is 0 Å². The van der Waals surface area contributed by atoms with Crippen LogP contribution in [0.25, 0.3) is 0 Å². The molecule has 1 heterocycles. The van der Waals surface area contributed by atoms with E-state index in [1.54, 1.807) is 35.6 Å². The van der Waals surface area contributed by atoms with Gasteiger partial charge in [0.05, 0.1) is 19.7 Å². The molecule has 3 rings (SSSR count). The lowest BCUT2D eigenvalue weighted by Gasteiger charge is -2.22. The normalized spacial score (nSPS) is 13.3. The third-order valence-corrected chi connectivity index (χ3v) is 4.90. The van der Waals surface area contributed by atoms with Crippen LogP contribution in [0.5, 0.6) is 5.75 Å². The van der Waals surface area contributed by atoms with Gasteiger partial charge in [-0.3, -0.25) is 9.59 Å². The van der Waals surface area contributed by atoms with Crippen molar-refractivity contribution in [3.8, 4) is 5.75 Å². The second-order valence-electron chi connectivity index (χ2n) is 5.97. The summed E-state index contributed by atoms with van der Waals surface area (Å²) in [5.74, 6) is 0.449. The Morgan fingerprint density at radius 3 is 2.60 bits per heavy atom. The predicted octanol–water partition coefficient (Wildman–Crippen LogP) is 3.07. The number of hydrogen-bond acceptors (Lipinski definition) is 4. The third kappa shape index (κ3) is 4.82. The average Bonchev–Trinajstić information content (AvgIpc) is 3.34. The molecule has 6 heteroatoms. The highest BCUT2D eigenvalue weighted by Crippen LogP contribution is 2.29. The molecule has 5 nitrogen and oxygen atoms in total. The van der Waals surface area contributed by atoms with Gasteiger partial charge in [-0.15, -0.1) is 11.3 Å². The molecule has 1 aliphatic carbocycles. The first kappa shape index (κ1) is 17.5. The molecule has 0 bridgehead atoms. The molecule has 1 aromatic heterocycles. The van der Waals surface area contributed by atoms with Crippen molar-refractivity contribution in [2.45, 2.75) is 32.4 Å². The molecule has 1 aliphatic rings. The number of carbonyl (C=O) groups excluding carboxylic acids is 2. The van der Waals surface area contributed by atoms with Crippen LogP contribution in [-0.4, -0.2) is 35.9 Å². The van der Waals surface area contributed by atoms with Gasteiger partial charge in [-0.25, -0.2) is 0 Å². The summed E-state index contributed by atoms with van der Waals surface area (Å²) in [6.07, 6.45) is 2.09. The van der Waals surface area contributed by atoms with E-state index in [2.05, 4.69) is 5.32 Å². The smallest absolute Gasteiger partial charge is 0.251 e. The lowest BCUT2D eigenvalue weighted by atomic mass is 10.2. The van der Waals surface area contributed by atoms with E-state index in [1.165, 1.54) is 0 Å². The molecule has 0 radical (unpaired) electrons. The minimum atomic E-state index is -0.247. The Kier molecular flexibility index (Phi) is 5.71. The van der Waals surface area contributed by atoms with Crippen molar-refractivity contribution in [1.29, 1.82) is 0 Å². The van der Waals surface area contributed by atoms with Crippen LogP contribution >= 0.6 is 11.3 Å². The van der Waals surface area contributed by atoms with Gasteiger partial charge in [0.2, 0.25) is 5.91 Å². The lowest BCUT2D eigenvalue weighted by molar-refractivity contribution is -0.131. The van der Waals surface area contributed by atoms with Gasteiger partial charge < -0.3 is 15.0 Å². The third-order valence-electron chi connectivity index (χ3n) is 4.04. The Bertz CT molecular complexity index is 709. The van der Waals surface area contributed by atoms with Gasteiger partial charge in [-0.2, -0.15) is 0 Å². The number of rotatable bonds is 8. The quantitative estimate of drug-likeness (QED) is 0.789. The molecular formula is C19H22N2O3S. The van der Waals surface area contributed by atoms with Crippen LogP contribution in [0, 0.1) is 0 Å². The van der Waals surface area contributed by atoms with Gasteiger partial charge in [0, 0.05) is 16.5 Å². The fraction of sp³-hybridized carbons (Fsp3) is 0.368. The van der Waals surface area contributed by atoms with Gasteiger partial charge in [0.15, 0.2) is 0 Å². The van der Waals surface area contributed by atoms with Gasteiger partial charge >= 0.3 is 0 Å². The highest BCUT2D eigenvalue weighted by atomic mass is 32.1.